The molecule has 0 spiro atoms. The molecule has 0 nitrogen and oxygen atoms in total. The van der Waals surface area contributed by atoms with Gasteiger partial charge in [0.1, 0.15) is 0 Å². The molecule has 3 rings (SSSR count). The van der Waals surface area contributed by atoms with Crippen LogP contribution in [0.5, 0.6) is 0 Å². The van der Waals surface area contributed by atoms with E-state index in [1.165, 1.54) is 47.9 Å². The van der Waals surface area contributed by atoms with Crippen molar-refractivity contribution >= 4 is 15.9 Å². The molecule has 4 unspecified atom stereocenters. The monoisotopic (exact) mass is 320 g/mol. The van der Waals surface area contributed by atoms with Gasteiger partial charge in [-0.25, -0.2) is 0 Å². The number of hydrogen-bond acceptors (Lipinski definition) is 0. The number of benzene rings is 1. The number of alkyl halides is 1. The maximum atomic E-state index is 4.08. The number of rotatable bonds is 2. The van der Waals surface area contributed by atoms with E-state index in [2.05, 4.69) is 49.7 Å². The Morgan fingerprint density at radius 1 is 1.00 bits per heavy atom. The molecule has 1 aromatic carbocycles. The molecule has 0 N–H and O–H groups in total. The van der Waals surface area contributed by atoms with Crippen molar-refractivity contribution in [1.82, 2.24) is 0 Å². The van der Waals surface area contributed by atoms with Gasteiger partial charge in [0.15, 0.2) is 0 Å². The molecule has 2 saturated carbocycles. The highest BCUT2D eigenvalue weighted by Gasteiger charge is 2.43. The lowest BCUT2D eigenvalue weighted by Gasteiger charge is -2.30. The van der Waals surface area contributed by atoms with Gasteiger partial charge in [0, 0.05) is 4.83 Å². The smallest absolute Gasteiger partial charge is 0.0431 e. The number of hydrogen-bond donors (Lipinski definition) is 0. The Labute approximate surface area is 126 Å². The van der Waals surface area contributed by atoms with Crippen LogP contribution >= 0.6 is 15.9 Å². The Morgan fingerprint density at radius 3 is 2.11 bits per heavy atom. The summed E-state index contributed by atoms with van der Waals surface area (Å²) < 4.78 is 0. The molecule has 0 amide bonds. The maximum Gasteiger partial charge on any atom is 0.0431 e. The van der Waals surface area contributed by atoms with Crippen molar-refractivity contribution in [3.63, 3.8) is 0 Å². The summed E-state index contributed by atoms with van der Waals surface area (Å²) in [6.07, 6.45) is 5.91. The van der Waals surface area contributed by atoms with E-state index in [0.717, 1.165) is 17.8 Å². The first-order valence-corrected chi connectivity index (χ1v) is 8.62. The molecule has 0 heterocycles. The molecule has 2 fully saturated rings. The summed E-state index contributed by atoms with van der Waals surface area (Å²) in [6.45, 7) is 9.12. The van der Waals surface area contributed by atoms with Crippen LogP contribution in [0.15, 0.2) is 6.07 Å². The number of fused-ring (bicyclic) bond motifs is 2. The Bertz CT molecular complexity index is 477. The van der Waals surface area contributed by atoms with E-state index in [1.54, 1.807) is 5.56 Å². The Kier molecular flexibility index (Phi) is 3.53. The van der Waals surface area contributed by atoms with Gasteiger partial charge in [-0.05, 0) is 92.5 Å². The van der Waals surface area contributed by atoms with Gasteiger partial charge in [0.2, 0.25) is 0 Å². The Hall–Kier alpha value is -0.300. The zero-order valence-electron chi connectivity index (χ0n) is 12.6. The third-order valence-electron chi connectivity index (χ3n) is 5.87. The van der Waals surface area contributed by atoms with E-state index >= 15 is 0 Å². The quantitative estimate of drug-likeness (QED) is 0.605. The molecule has 0 radical (unpaired) electrons. The average molecular weight is 321 g/mol. The minimum absolute atomic E-state index is 0.571. The standard InChI is InChI=1S/C18H25Br/c1-10-7-11(2)13(4)17(12(10)3)18(19)16-9-14-5-6-15(16)8-14/h7,14-16,18H,5-6,8-9H2,1-4H3. The van der Waals surface area contributed by atoms with Crippen LogP contribution < -0.4 is 0 Å². The molecular weight excluding hydrogens is 296 g/mol. The SMILES string of the molecule is Cc1cc(C)c(C)c(C(Br)C2CC3CCC2C3)c1C. The fraction of sp³-hybridized carbons (Fsp3) is 0.667. The van der Waals surface area contributed by atoms with E-state index in [9.17, 15) is 0 Å². The summed E-state index contributed by atoms with van der Waals surface area (Å²) in [5.74, 6) is 2.88. The third kappa shape index (κ3) is 2.18. The van der Waals surface area contributed by atoms with Crippen molar-refractivity contribution in [3.05, 3.63) is 33.9 Å². The predicted octanol–water partition coefficient (Wildman–Crippen LogP) is 5.79. The van der Waals surface area contributed by atoms with Crippen LogP contribution in [0.1, 0.15) is 58.3 Å². The van der Waals surface area contributed by atoms with Crippen molar-refractivity contribution in [1.29, 1.82) is 0 Å². The predicted molar refractivity (Wildman–Crippen MR) is 86.0 cm³/mol. The number of halogens is 1. The fourth-order valence-electron chi connectivity index (χ4n) is 4.53. The molecule has 1 aromatic rings. The van der Waals surface area contributed by atoms with Gasteiger partial charge < -0.3 is 0 Å². The van der Waals surface area contributed by atoms with Crippen LogP contribution in [-0.4, -0.2) is 0 Å². The molecule has 0 aromatic heterocycles. The van der Waals surface area contributed by atoms with Gasteiger partial charge in [-0.3, -0.25) is 0 Å². The molecule has 4 atom stereocenters. The van der Waals surface area contributed by atoms with Crippen molar-refractivity contribution in [2.45, 2.75) is 58.2 Å². The first-order chi connectivity index (χ1) is 8.99. The van der Waals surface area contributed by atoms with Crippen LogP contribution in [0, 0.1) is 45.4 Å². The largest absolute Gasteiger partial charge is 0.0835 e. The fourth-order valence-corrected chi connectivity index (χ4v) is 5.86. The molecule has 2 aliphatic carbocycles. The number of aryl methyl sites for hydroxylation is 2. The van der Waals surface area contributed by atoms with Crippen LogP contribution in [0.2, 0.25) is 0 Å². The van der Waals surface area contributed by atoms with Gasteiger partial charge in [0.05, 0.1) is 0 Å². The zero-order chi connectivity index (χ0) is 13.7. The van der Waals surface area contributed by atoms with E-state index < -0.39 is 0 Å². The minimum Gasteiger partial charge on any atom is -0.0835 e. The molecule has 0 aliphatic heterocycles. The summed E-state index contributed by atoms with van der Waals surface area (Å²) >= 11 is 4.08. The van der Waals surface area contributed by atoms with E-state index in [-0.39, 0.29) is 0 Å². The summed E-state index contributed by atoms with van der Waals surface area (Å²) in [5, 5.41) is 0. The highest BCUT2D eigenvalue weighted by atomic mass is 79.9. The van der Waals surface area contributed by atoms with E-state index in [4.69, 9.17) is 0 Å². The Morgan fingerprint density at radius 2 is 1.63 bits per heavy atom. The van der Waals surface area contributed by atoms with Crippen molar-refractivity contribution in [2.24, 2.45) is 17.8 Å². The molecule has 2 bridgehead atoms. The summed E-state index contributed by atoms with van der Waals surface area (Å²) in [7, 11) is 0. The van der Waals surface area contributed by atoms with Crippen LogP contribution in [0.4, 0.5) is 0 Å². The van der Waals surface area contributed by atoms with Crippen LogP contribution in [0.25, 0.3) is 0 Å². The van der Waals surface area contributed by atoms with Gasteiger partial charge >= 0.3 is 0 Å². The van der Waals surface area contributed by atoms with Gasteiger partial charge in [0.25, 0.3) is 0 Å². The molecule has 19 heavy (non-hydrogen) atoms. The minimum atomic E-state index is 0.571. The van der Waals surface area contributed by atoms with Gasteiger partial charge in [-0.1, -0.05) is 28.4 Å². The second kappa shape index (κ2) is 4.91. The lowest BCUT2D eigenvalue weighted by atomic mass is 9.80. The van der Waals surface area contributed by atoms with Crippen LogP contribution in [0.3, 0.4) is 0 Å². The second-order valence-electron chi connectivity index (χ2n) is 6.91. The summed E-state index contributed by atoms with van der Waals surface area (Å²) in [6, 6.07) is 2.34. The summed E-state index contributed by atoms with van der Waals surface area (Å²) in [5.41, 5.74) is 7.51. The van der Waals surface area contributed by atoms with Crippen molar-refractivity contribution < 1.29 is 0 Å². The highest BCUT2D eigenvalue weighted by molar-refractivity contribution is 9.09. The van der Waals surface area contributed by atoms with E-state index in [0.29, 0.717) is 4.83 Å². The average Bonchev–Trinajstić information content (AvgIpc) is 2.98. The van der Waals surface area contributed by atoms with E-state index in [1.807, 2.05) is 0 Å². The first-order valence-electron chi connectivity index (χ1n) is 7.70. The lowest BCUT2D eigenvalue weighted by molar-refractivity contribution is 0.328. The molecule has 1 heteroatoms. The maximum absolute atomic E-state index is 4.08. The molecular formula is C18H25Br. The van der Waals surface area contributed by atoms with Crippen LogP contribution in [-0.2, 0) is 0 Å². The topological polar surface area (TPSA) is 0 Å². The third-order valence-corrected chi connectivity index (χ3v) is 7.01. The highest BCUT2D eigenvalue weighted by Crippen LogP contribution is 2.55. The lowest BCUT2D eigenvalue weighted by Crippen LogP contribution is -2.17. The second-order valence-corrected chi connectivity index (χ2v) is 7.90. The Balaban J connectivity index is 1.98. The van der Waals surface area contributed by atoms with Crippen molar-refractivity contribution in [2.75, 3.05) is 0 Å². The van der Waals surface area contributed by atoms with Crippen molar-refractivity contribution in [3.8, 4) is 0 Å². The first kappa shape index (κ1) is 13.7. The molecule has 2 aliphatic rings. The molecule has 104 valence electrons. The summed E-state index contributed by atoms with van der Waals surface area (Å²) in [4.78, 5) is 0.571. The molecule has 0 saturated heterocycles. The normalized spacial score (nSPS) is 30.9. The van der Waals surface area contributed by atoms with Gasteiger partial charge in [-0.2, -0.15) is 0 Å². The van der Waals surface area contributed by atoms with Gasteiger partial charge in [-0.15, -0.1) is 0 Å². The zero-order valence-corrected chi connectivity index (χ0v) is 14.2.